The molecule has 124 valence electrons. The van der Waals surface area contributed by atoms with Crippen LogP contribution in [0.2, 0.25) is 0 Å². The van der Waals surface area contributed by atoms with Gasteiger partial charge in [0, 0.05) is 12.1 Å². The number of hydrogen-bond acceptors (Lipinski definition) is 3. The zero-order chi connectivity index (χ0) is 15.9. The van der Waals surface area contributed by atoms with E-state index in [9.17, 15) is 5.11 Å². The van der Waals surface area contributed by atoms with Crippen molar-refractivity contribution in [2.24, 2.45) is 11.8 Å². The smallest absolute Gasteiger partial charge is 0.125 e. The second-order valence-electron chi connectivity index (χ2n) is 7.07. The van der Waals surface area contributed by atoms with Crippen molar-refractivity contribution in [3.05, 3.63) is 29.8 Å². The normalized spacial score (nSPS) is 18.6. The summed E-state index contributed by atoms with van der Waals surface area (Å²) in [6, 6.07) is 7.89. The summed E-state index contributed by atoms with van der Waals surface area (Å²) in [5, 5.41) is 10.5. The lowest BCUT2D eigenvalue weighted by molar-refractivity contribution is 0.122. The van der Waals surface area contributed by atoms with Crippen molar-refractivity contribution < 1.29 is 9.84 Å². The zero-order valence-corrected chi connectivity index (χ0v) is 14.3. The average Bonchev–Trinajstić information content (AvgIpc) is 2.52. The van der Waals surface area contributed by atoms with E-state index in [0.717, 1.165) is 30.2 Å². The molecule has 0 radical (unpaired) electrons. The number of aliphatic hydroxyl groups is 1. The predicted octanol–water partition coefficient (Wildman–Crippen LogP) is 3.88. The Balaban J connectivity index is 1.87. The number of nitrogens with zero attached hydrogens (tertiary/aromatic N) is 1. The summed E-state index contributed by atoms with van der Waals surface area (Å²) in [4.78, 5) is 2.47. The lowest BCUT2D eigenvalue weighted by atomic mass is 9.98. The van der Waals surface area contributed by atoms with Crippen molar-refractivity contribution in [3.8, 4) is 5.75 Å². The molecule has 3 heteroatoms. The summed E-state index contributed by atoms with van der Waals surface area (Å²) < 4.78 is 5.85. The number of likely N-dealkylation sites (tertiary alicyclic amines) is 1. The Kier molecular flexibility index (Phi) is 6.71. The van der Waals surface area contributed by atoms with E-state index in [0.29, 0.717) is 12.5 Å². The van der Waals surface area contributed by atoms with Crippen LogP contribution in [0.3, 0.4) is 0 Å². The molecule has 1 aliphatic rings. The molecule has 1 aromatic carbocycles. The lowest BCUT2D eigenvalue weighted by Gasteiger charge is -2.30. The van der Waals surface area contributed by atoms with Crippen molar-refractivity contribution in [2.45, 2.75) is 46.1 Å². The van der Waals surface area contributed by atoms with Gasteiger partial charge in [0.1, 0.15) is 5.75 Å². The van der Waals surface area contributed by atoms with Gasteiger partial charge in [-0.15, -0.1) is 0 Å². The van der Waals surface area contributed by atoms with Crippen LogP contribution in [0.5, 0.6) is 5.75 Å². The third-order valence-electron chi connectivity index (χ3n) is 4.45. The van der Waals surface area contributed by atoms with Crippen LogP contribution in [-0.2, 0) is 0 Å². The van der Waals surface area contributed by atoms with Gasteiger partial charge in [-0.1, -0.05) is 39.0 Å². The monoisotopic (exact) mass is 305 g/mol. The van der Waals surface area contributed by atoms with Crippen molar-refractivity contribution in [1.82, 2.24) is 4.90 Å². The van der Waals surface area contributed by atoms with Gasteiger partial charge < -0.3 is 14.7 Å². The van der Waals surface area contributed by atoms with Crippen molar-refractivity contribution in [1.29, 1.82) is 0 Å². The molecule has 0 saturated carbocycles. The highest BCUT2D eigenvalue weighted by molar-refractivity contribution is 5.35. The first kappa shape index (κ1) is 17.3. The maximum absolute atomic E-state index is 10.5. The molecule has 1 aliphatic heterocycles. The van der Waals surface area contributed by atoms with Crippen LogP contribution in [0.1, 0.15) is 51.7 Å². The minimum atomic E-state index is -0.442. The fourth-order valence-corrected chi connectivity index (χ4v) is 2.89. The van der Waals surface area contributed by atoms with Gasteiger partial charge in [0.2, 0.25) is 0 Å². The van der Waals surface area contributed by atoms with Crippen LogP contribution < -0.4 is 4.74 Å². The van der Waals surface area contributed by atoms with E-state index in [-0.39, 0.29) is 0 Å². The molecule has 0 aromatic heterocycles. The van der Waals surface area contributed by atoms with Crippen LogP contribution in [0.15, 0.2) is 24.3 Å². The number of benzene rings is 1. The second-order valence-corrected chi connectivity index (χ2v) is 7.07. The van der Waals surface area contributed by atoms with Crippen LogP contribution in [0.25, 0.3) is 0 Å². The number of ether oxygens (including phenoxy) is 1. The van der Waals surface area contributed by atoms with E-state index in [1.165, 1.54) is 25.9 Å². The summed E-state index contributed by atoms with van der Waals surface area (Å²) in [5.41, 5.74) is 0.925. The van der Waals surface area contributed by atoms with Gasteiger partial charge in [-0.3, -0.25) is 0 Å². The molecule has 2 rings (SSSR count). The molecule has 1 unspecified atom stereocenters. The molecule has 1 fully saturated rings. The minimum absolute atomic E-state index is 0.442. The van der Waals surface area contributed by atoms with E-state index in [1.807, 2.05) is 24.3 Å². The minimum Gasteiger partial charge on any atom is -0.493 e. The Bertz CT molecular complexity index is 439. The standard InChI is InChI=1S/C19H31NO2/c1-15(2)14-22-19-7-5-4-6-17(19)18(21)10-13-20-11-8-16(3)9-12-20/h4-7,15-16,18,21H,8-14H2,1-3H3. The highest BCUT2D eigenvalue weighted by Gasteiger charge is 2.18. The fraction of sp³-hybridized carbons (Fsp3) is 0.684. The van der Waals surface area contributed by atoms with Gasteiger partial charge >= 0.3 is 0 Å². The van der Waals surface area contributed by atoms with Crippen molar-refractivity contribution >= 4 is 0 Å². The second kappa shape index (κ2) is 8.54. The number of rotatable bonds is 7. The molecule has 22 heavy (non-hydrogen) atoms. The summed E-state index contributed by atoms with van der Waals surface area (Å²) in [6.07, 6.45) is 2.90. The predicted molar refractivity (Wildman–Crippen MR) is 91.2 cm³/mol. The maximum atomic E-state index is 10.5. The van der Waals surface area contributed by atoms with E-state index < -0.39 is 6.10 Å². The van der Waals surface area contributed by atoms with Crippen molar-refractivity contribution in [3.63, 3.8) is 0 Å². The van der Waals surface area contributed by atoms with E-state index in [1.54, 1.807) is 0 Å². The fourth-order valence-electron chi connectivity index (χ4n) is 2.89. The Labute approximate surface area is 135 Å². The molecule has 0 spiro atoms. The molecule has 1 aromatic rings. The highest BCUT2D eigenvalue weighted by Crippen LogP contribution is 2.28. The molecule has 1 saturated heterocycles. The average molecular weight is 305 g/mol. The molecular formula is C19H31NO2. The molecule has 1 atom stereocenters. The van der Waals surface area contributed by atoms with Gasteiger partial charge in [0.15, 0.2) is 0 Å². The first-order valence-corrected chi connectivity index (χ1v) is 8.68. The lowest BCUT2D eigenvalue weighted by Crippen LogP contribution is -2.34. The first-order chi connectivity index (χ1) is 10.6. The van der Waals surface area contributed by atoms with Crippen LogP contribution in [0, 0.1) is 11.8 Å². The zero-order valence-electron chi connectivity index (χ0n) is 14.3. The Hall–Kier alpha value is -1.06. The molecule has 3 nitrogen and oxygen atoms in total. The Morgan fingerprint density at radius 3 is 2.59 bits per heavy atom. The number of para-hydroxylation sites is 1. The first-order valence-electron chi connectivity index (χ1n) is 8.68. The topological polar surface area (TPSA) is 32.7 Å². The largest absolute Gasteiger partial charge is 0.493 e. The number of piperidine rings is 1. The molecule has 0 amide bonds. The summed E-state index contributed by atoms with van der Waals surface area (Å²) in [7, 11) is 0. The highest BCUT2D eigenvalue weighted by atomic mass is 16.5. The molecule has 1 heterocycles. The molecule has 0 aliphatic carbocycles. The van der Waals surface area contributed by atoms with Crippen LogP contribution >= 0.6 is 0 Å². The van der Waals surface area contributed by atoms with Crippen molar-refractivity contribution in [2.75, 3.05) is 26.2 Å². The number of aliphatic hydroxyl groups excluding tert-OH is 1. The van der Waals surface area contributed by atoms with Gasteiger partial charge in [0.05, 0.1) is 12.7 Å². The molecule has 0 bridgehead atoms. The Morgan fingerprint density at radius 1 is 1.23 bits per heavy atom. The maximum Gasteiger partial charge on any atom is 0.125 e. The van der Waals surface area contributed by atoms with E-state index in [4.69, 9.17) is 4.74 Å². The quantitative estimate of drug-likeness (QED) is 0.830. The number of hydrogen-bond donors (Lipinski definition) is 1. The van der Waals surface area contributed by atoms with Gasteiger partial charge in [-0.25, -0.2) is 0 Å². The van der Waals surface area contributed by atoms with Gasteiger partial charge in [-0.05, 0) is 50.3 Å². The third kappa shape index (κ3) is 5.29. The summed E-state index contributed by atoms with van der Waals surface area (Å²) in [6.45, 7) is 10.6. The third-order valence-corrected chi connectivity index (χ3v) is 4.45. The van der Waals surface area contributed by atoms with Gasteiger partial charge in [-0.2, -0.15) is 0 Å². The molecular weight excluding hydrogens is 274 g/mol. The molecule has 1 N–H and O–H groups in total. The van der Waals surface area contributed by atoms with Crippen LogP contribution in [-0.4, -0.2) is 36.2 Å². The van der Waals surface area contributed by atoms with Gasteiger partial charge in [0.25, 0.3) is 0 Å². The van der Waals surface area contributed by atoms with Crippen LogP contribution in [0.4, 0.5) is 0 Å². The summed E-state index contributed by atoms with van der Waals surface area (Å²) in [5.74, 6) is 2.17. The SMILES string of the molecule is CC(C)COc1ccccc1C(O)CCN1CCC(C)CC1. The van der Waals surface area contributed by atoms with E-state index >= 15 is 0 Å². The van der Waals surface area contributed by atoms with E-state index in [2.05, 4.69) is 25.7 Å². The summed E-state index contributed by atoms with van der Waals surface area (Å²) >= 11 is 0. The Morgan fingerprint density at radius 2 is 1.91 bits per heavy atom.